The number of ether oxygens (including phenoxy) is 1. The standard InChI is InChI=1S/C29H36F2N4O4/c1-34(2)25-18-33-24-5-4-22(39-3)17-23(24)27(25)26(36)6-7-29(28(37)38)8-11-35(12-9-29)13-10-32-21-15-19(30)14-20(31)16-21/h4-5,14-18,26,32,36H,6-13H2,1-3H3,(H,37,38)/t26-/m0/s1. The number of nitrogens with zero attached hydrogens (tertiary/aromatic N) is 3. The zero-order valence-electron chi connectivity index (χ0n) is 22.6. The van der Waals surface area contributed by atoms with E-state index in [4.69, 9.17) is 4.74 Å². The molecule has 1 aliphatic heterocycles. The van der Waals surface area contributed by atoms with Crippen molar-refractivity contribution in [1.82, 2.24) is 9.88 Å². The predicted octanol–water partition coefficient (Wildman–Crippen LogP) is 4.68. The van der Waals surface area contributed by atoms with Gasteiger partial charge in [0.25, 0.3) is 0 Å². The maximum atomic E-state index is 13.4. The number of methoxy groups -OCH3 is 1. The van der Waals surface area contributed by atoms with Gasteiger partial charge in [0, 0.05) is 49.9 Å². The van der Waals surface area contributed by atoms with Crippen LogP contribution in [0.25, 0.3) is 10.9 Å². The second-order valence-corrected chi connectivity index (χ2v) is 10.4. The molecule has 39 heavy (non-hydrogen) atoms. The Balaban J connectivity index is 1.41. The number of benzene rings is 2. The fourth-order valence-electron chi connectivity index (χ4n) is 5.36. The summed E-state index contributed by atoms with van der Waals surface area (Å²) < 4.78 is 32.2. The molecule has 8 nitrogen and oxygen atoms in total. The number of rotatable bonds is 11. The van der Waals surface area contributed by atoms with E-state index in [0.29, 0.717) is 62.4 Å². The smallest absolute Gasteiger partial charge is 0.309 e. The molecule has 10 heteroatoms. The molecule has 0 aliphatic carbocycles. The summed E-state index contributed by atoms with van der Waals surface area (Å²) in [5.41, 5.74) is 1.65. The Morgan fingerprint density at radius 1 is 1.18 bits per heavy atom. The molecule has 0 saturated carbocycles. The van der Waals surface area contributed by atoms with Crippen LogP contribution in [-0.2, 0) is 4.79 Å². The number of likely N-dealkylation sites (tertiary alicyclic amines) is 1. The van der Waals surface area contributed by atoms with Crippen LogP contribution in [0, 0.1) is 17.0 Å². The molecule has 0 amide bonds. The molecule has 210 valence electrons. The minimum Gasteiger partial charge on any atom is -0.497 e. The zero-order chi connectivity index (χ0) is 28.2. The van der Waals surface area contributed by atoms with Crippen molar-refractivity contribution >= 4 is 28.2 Å². The van der Waals surface area contributed by atoms with Gasteiger partial charge in [-0.3, -0.25) is 9.78 Å². The highest BCUT2D eigenvalue weighted by Crippen LogP contribution is 2.41. The molecule has 3 aromatic rings. The number of aliphatic hydroxyl groups excluding tert-OH is 1. The number of aliphatic hydroxyl groups is 1. The van der Waals surface area contributed by atoms with Gasteiger partial charge in [-0.2, -0.15) is 0 Å². The van der Waals surface area contributed by atoms with E-state index in [0.717, 1.165) is 22.7 Å². The molecule has 0 unspecified atom stereocenters. The van der Waals surface area contributed by atoms with Gasteiger partial charge in [-0.15, -0.1) is 0 Å². The molecular weight excluding hydrogens is 506 g/mol. The molecule has 3 N–H and O–H groups in total. The lowest BCUT2D eigenvalue weighted by Crippen LogP contribution is -2.45. The first kappa shape index (κ1) is 28.5. The molecule has 2 heterocycles. The topological polar surface area (TPSA) is 98.2 Å². The number of carboxylic acid groups (broad SMARTS) is 1. The fraction of sp³-hybridized carbons (Fsp3) is 0.448. The number of anilines is 2. The van der Waals surface area contributed by atoms with Gasteiger partial charge in [0.1, 0.15) is 17.4 Å². The second-order valence-electron chi connectivity index (χ2n) is 10.4. The number of aliphatic carboxylic acids is 1. The van der Waals surface area contributed by atoms with Crippen LogP contribution in [-0.4, -0.2) is 73.5 Å². The highest BCUT2D eigenvalue weighted by molar-refractivity contribution is 5.88. The van der Waals surface area contributed by atoms with E-state index in [-0.39, 0.29) is 6.42 Å². The molecule has 0 spiro atoms. The third-order valence-electron chi connectivity index (χ3n) is 7.69. The van der Waals surface area contributed by atoms with Crippen LogP contribution >= 0.6 is 0 Å². The van der Waals surface area contributed by atoms with Gasteiger partial charge in [-0.05, 0) is 69.1 Å². The first-order valence-corrected chi connectivity index (χ1v) is 13.1. The molecule has 1 aromatic heterocycles. The second kappa shape index (κ2) is 12.1. The zero-order valence-corrected chi connectivity index (χ0v) is 22.6. The Morgan fingerprint density at radius 2 is 1.87 bits per heavy atom. The van der Waals surface area contributed by atoms with Gasteiger partial charge < -0.3 is 30.1 Å². The lowest BCUT2D eigenvalue weighted by Gasteiger charge is -2.39. The minimum atomic E-state index is -0.935. The van der Waals surface area contributed by atoms with E-state index in [9.17, 15) is 23.8 Å². The van der Waals surface area contributed by atoms with Gasteiger partial charge in [0.15, 0.2) is 0 Å². The quantitative estimate of drug-likeness (QED) is 0.321. The average Bonchev–Trinajstić information content (AvgIpc) is 2.90. The number of pyridine rings is 1. The number of fused-ring (bicyclic) bond motifs is 1. The van der Waals surface area contributed by atoms with Crippen LogP contribution in [0.5, 0.6) is 5.75 Å². The summed E-state index contributed by atoms with van der Waals surface area (Å²) in [6.07, 6.45) is 2.37. The van der Waals surface area contributed by atoms with Crippen molar-refractivity contribution in [1.29, 1.82) is 0 Å². The summed E-state index contributed by atoms with van der Waals surface area (Å²) in [4.78, 5) is 21.0. The Hall–Kier alpha value is -3.50. The number of piperidine rings is 1. The Bertz CT molecular complexity index is 1290. The SMILES string of the molecule is COc1ccc2ncc(N(C)C)c([C@@H](O)CCC3(C(=O)O)CCN(CCNc4cc(F)cc(F)c4)CC3)c2c1. The molecule has 1 fully saturated rings. The molecule has 1 atom stereocenters. The van der Waals surface area contributed by atoms with Crippen LogP contribution in [0.1, 0.15) is 37.4 Å². The number of aromatic nitrogens is 1. The average molecular weight is 543 g/mol. The van der Waals surface area contributed by atoms with E-state index >= 15 is 0 Å². The van der Waals surface area contributed by atoms with Crippen LogP contribution in [0.3, 0.4) is 0 Å². The number of hydrogen-bond acceptors (Lipinski definition) is 7. The maximum Gasteiger partial charge on any atom is 0.309 e. The summed E-state index contributed by atoms with van der Waals surface area (Å²) in [6.45, 7) is 2.26. The largest absolute Gasteiger partial charge is 0.497 e. The summed E-state index contributed by atoms with van der Waals surface area (Å²) >= 11 is 0. The molecular formula is C29H36F2N4O4. The van der Waals surface area contributed by atoms with Gasteiger partial charge in [-0.1, -0.05) is 0 Å². The lowest BCUT2D eigenvalue weighted by molar-refractivity contribution is -0.153. The van der Waals surface area contributed by atoms with E-state index in [1.54, 1.807) is 13.3 Å². The highest BCUT2D eigenvalue weighted by Gasteiger charge is 2.41. The normalized spacial score (nSPS) is 16.2. The van der Waals surface area contributed by atoms with Crippen molar-refractivity contribution in [3.8, 4) is 5.75 Å². The van der Waals surface area contributed by atoms with Crippen LogP contribution in [0.2, 0.25) is 0 Å². The van der Waals surface area contributed by atoms with E-state index < -0.39 is 29.1 Å². The van der Waals surface area contributed by atoms with E-state index in [1.165, 1.54) is 12.1 Å². The summed E-state index contributed by atoms with van der Waals surface area (Å²) in [5.74, 6) is -1.47. The first-order valence-electron chi connectivity index (χ1n) is 13.1. The van der Waals surface area contributed by atoms with Crippen LogP contribution < -0.4 is 15.0 Å². The number of halogens is 2. The summed E-state index contributed by atoms with van der Waals surface area (Å²) in [5, 5.41) is 25.4. The van der Waals surface area contributed by atoms with E-state index in [1.807, 2.05) is 37.2 Å². The van der Waals surface area contributed by atoms with Crippen molar-refractivity contribution in [3.63, 3.8) is 0 Å². The van der Waals surface area contributed by atoms with Gasteiger partial charge in [0.05, 0.1) is 36.0 Å². The van der Waals surface area contributed by atoms with Gasteiger partial charge in [-0.25, -0.2) is 8.78 Å². The molecule has 1 aliphatic rings. The number of hydrogen-bond donors (Lipinski definition) is 3. The van der Waals surface area contributed by atoms with Crippen molar-refractivity contribution in [3.05, 3.63) is 59.8 Å². The first-order chi connectivity index (χ1) is 18.6. The molecule has 4 rings (SSSR count). The van der Waals surface area contributed by atoms with Crippen molar-refractivity contribution in [2.45, 2.75) is 31.8 Å². The molecule has 2 aromatic carbocycles. The third-order valence-corrected chi connectivity index (χ3v) is 7.69. The summed E-state index contributed by atoms with van der Waals surface area (Å²) in [7, 11) is 5.35. The van der Waals surface area contributed by atoms with Gasteiger partial charge in [0.2, 0.25) is 0 Å². The molecule has 0 bridgehead atoms. The van der Waals surface area contributed by atoms with Crippen LogP contribution in [0.4, 0.5) is 20.2 Å². The number of carbonyl (C=O) groups is 1. The van der Waals surface area contributed by atoms with Crippen LogP contribution in [0.15, 0.2) is 42.6 Å². The maximum absolute atomic E-state index is 13.4. The lowest BCUT2D eigenvalue weighted by atomic mass is 9.74. The Morgan fingerprint density at radius 3 is 2.49 bits per heavy atom. The van der Waals surface area contributed by atoms with E-state index in [2.05, 4.69) is 15.2 Å². The van der Waals surface area contributed by atoms with Crippen molar-refractivity contribution in [2.75, 3.05) is 57.6 Å². The summed E-state index contributed by atoms with van der Waals surface area (Å²) in [6, 6.07) is 8.82. The third kappa shape index (κ3) is 6.57. The monoisotopic (exact) mass is 542 g/mol. The number of carboxylic acids is 1. The fourth-order valence-corrected chi connectivity index (χ4v) is 5.36. The minimum absolute atomic E-state index is 0.288. The van der Waals surface area contributed by atoms with Crippen molar-refractivity contribution in [2.24, 2.45) is 5.41 Å². The predicted molar refractivity (Wildman–Crippen MR) is 147 cm³/mol. The highest BCUT2D eigenvalue weighted by atomic mass is 19.1. The van der Waals surface area contributed by atoms with Gasteiger partial charge >= 0.3 is 5.97 Å². The Labute approximate surface area is 227 Å². The number of nitrogens with one attached hydrogen (secondary N) is 1. The van der Waals surface area contributed by atoms with Crippen molar-refractivity contribution < 1.29 is 28.5 Å². The molecule has 0 radical (unpaired) electrons. The molecule has 1 saturated heterocycles. The Kier molecular flexibility index (Phi) is 8.87.